The first kappa shape index (κ1) is 23.1. The molecule has 0 spiro atoms. The number of piperidine rings is 1. The zero-order valence-corrected chi connectivity index (χ0v) is 20.5. The average molecular weight is 464 g/mol. The number of nitrogens with one attached hydrogen (secondary N) is 2. The van der Waals surface area contributed by atoms with Crippen LogP contribution in [0.1, 0.15) is 46.1 Å². The Balaban J connectivity index is 1.48. The summed E-state index contributed by atoms with van der Waals surface area (Å²) in [7, 11) is 2.19. The molecule has 0 radical (unpaired) electrons. The number of hydrogen-bond donors (Lipinski definition) is 2. The summed E-state index contributed by atoms with van der Waals surface area (Å²) in [5.74, 6) is 1.12. The van der Waals surface area contributed by atoms with E-state index in [0.29, 0.717) is 22.4 Å². The van der Waals surface area contributed by atoms with Crippen LogP contribution in [-0.4, -0.2) is 43.6 Å². The van der Waals surface area contributed by atoms with Crippen molar-refractivity contribution in [2.45, 2.75) is 57.7 Å². The number of likely N-dealkylation sites (tertiary alicyclic amines) is 1. The van der Waals surface area contributed by atoms with E-state index >= 15 is 0 Å². The van der Waals surface area contributed by atoms with Gasteiger partial charge in [-0.25, -0.2) is 4.98 Å². The molecule has 33 heavy (non-hydrogen) atoms. The number of halogens is 1. The second-order valence-electron chi connectivity index (χ2n) is 9.91. The van der Waals surface area contributed by atoms with Gasteiger partial charge < -0.3 is 15.2 Å². The Hall–Kier alpha value is -3.08. The zero-order chi connectivity index (χ0) is 23.8. The summed E-state index contributed by atoms with van der Waals surface area (Å²) in [5.41, 5.74) is 2.59. The van der Waals surface area contributed by atoms with Crippen molar-refractivity contribution in [2.24, 2.45) is 0 Å². The number of rotatable bonds is 5. The Labute approximate surface area is 200 Å². The fourth-order valence-corrected chi connectivity index (χ4v) is 4.81. The van der Waals surface area contributed by atoms with Crippen molar-refractivity contribution in [3.8, 4) is 11.8 Å². The van der Waals surface area contributed by atoms with Crippen molar-refractivity contribution in [1.29, 1.82) is 5.26 Å². The molecule has 1 saturated heterocycles. The summed E-state index contributed by atoms with van der Waals surface area (Å²) >= 11 is 6.44. The van der Waals surface area contributed by atoms with Gasteiger partial charge in [0.15, 0.2) is 5.82 Å². The predicted molar refractivity (Wildman–Crippen MR) is 133 cm³/mol. The van der Waals surface area contributed by atoms with Crippen LogP contribution in [0.5, 0.6) is 0 Å². The van der Waals surface area contributed by atoms with Gasteiger partial charge in [0.05, 0.1) is 11.8 Å². The van der Waals surface area contributed by atoms with Crippen LogP contribution < -0.4 is 10.6 Å². The molecule has 8 heteroatoms. The fraction of sp³-hybridized carbons (Fsp3) is 0.400. The Kier molecular flexibility index (Phi) is 6.08. The molecule has 0 aliphatic carbocycles. The number of aromatic nitrogens is 3. The zero-order valence-electron chi connectivity index (χ0n) is 19.7. The maximum atomic E-state index is 9.01. The first-order chi connectivity index (χ1) is 15.6. The van der Waals surface area contributed by atoms with Gasteiger partial charge in [-0.05, 0) is 77.9 Å². The molecule has 172 valence electrons. The first-order valence-corrected chi connectivity index (χ1v) is 11.4. The predicted octanol–water partition coefficient (Wildman–Crippen LogP) is 5.60. The Bertz CT molecular complexity index is 1160. The van der Waals surface area contributed by atoms with Gasteiger partial charge in [0.25, 0.3) is 0 Å². The molecule has 1 aliphatic heterocycles. The van der Waals surface area contributed by atoms with Crippen LogP contribution >= 0.6 is 11.6 Å². The molecule has 0 bridgehead atoms. The Morgan fingerprint density at radius 1 is 1.09 bits per heavy atom. The lowest BCUT2D eigenvalue weighted by molar-refractivity contribution is -0.00772. The molecule has 1 aromatic carbocycles. The average Bonchev–Trinajstić information content (AvgIpc) is 3.24. The van der Waals surface area contributed by atoms with Gasteiger partial charge in [0.1, 0.15) is 11.1 Å². The number of hydrogen-bond acceptors (Lipinski definition) is 6. The molecular formula is C25H30ClN7. The highest BCUT2D eigenvalue weighted by Crippen LogP contribution is 2.38. The van der Waals surface area contributed by atoms with Gasteiger partial charge in [0.2, 0.25) is 5.95 Å². The second kappa shape index (κ2) is 8.69. The van der Waals surface area contributed by atoms with Gasteiger partial charge in [-0.1, -0.05) is 11.6 Å². The largest absolute Gasteiger partial charge is 0.366 e. The molecule has 1 aliphatic rings. The normalized spacial score (nSPS) is 18.0. The van der Waals surface area contributed by atoms with E-state index in [1.54, 1.807) is 18.5 Å². The third kappa shape index (κ3) is 4.97. The molecule has 3 heterocycles. The van der Waals surface area contributed by atoms with E-state index in [9.17, 15) is 0 Å². The number of anilines is 3. The van der Waals surface area contributed by atoms with Crippen molar-refractivity contribution in [3.05, 3.63) is 59.5 Å². The summed E-state index contributed by atoms with van der Waals surface area (Å²) in [5, 5.41) is 16.3. The van der Waals surface area contributed by atoms with E-state index in [4.69, 9.17) is 16.9 Å². The highest BCUT2D eigenvalue weighted by atomic mass is 35.5. The van der Waals surface area contributed by atoms with Crippen LogP contribution in [0, 0.1) is 11.3 Å². The van der Waals surface area contributed by atoms with Crippen molar-refractivity contribution in [3.63, 3.8) is 0 Å². The van der Waals surface area contributed by atoms with Crippen LogP contribution in [0.2, 0.25) is 5.02 Å². The van der Waals surface area contributed by atoms with Crippen molar-refractivity contribution < 1.29 is 0 Å². The van der Waals surface area contributed by atoms with Crippen molar-refractivity contribution in [2.75, 3.05) is 17.7 Å². The molecule has 2 aromatic heterocycles. The number of nitrogens with zero attached hydrogens (tertiary/aromatic N) is 5. The molecule has 2 N–H and O–H groups in total. The lowest BCUT2D eigenvalue weighted by atomic mass is 9.77. The van der Waals surface area contributed by atoms with E-state index in [2.05, 4.69) is 66.3 Å². The summed E-state index contributed by atoms with van der Waals surface area (Å²) < 4.78 is 1.91. The minimum atomic E-state index is 0.0650. The third-order valence-corrected chi connectivity index (χ3v) is 6.91. The second-order valence-corrected chi connectivity index (χ2v) is 10.3. The maximum absolute atomic E-state index is 9.01. The number of nitriles is 1. The lowest BCUT2D eigenvalue weighted by Gasteiger charge is -2.53. The summed E-state index contributed by atoms with van der Waals surface area (Å²) in [4.78, 5) is 11.4. The van der Waals surface area contributed by atoms with Crippen LogP contribution in [0.3, 0.4) is 0 Å². The fourth-order valence-electron chi connectivity index (χ4n) is 4.66. The van der Waals surface area contributed by atoms with Crippen LogP contribution in [0.4, 0.5) is 17.5 Å². The molecule has 0 saturated carbocycles. The molecule has 1 fully saturated rings. The molecule has 7 nitrogen and oxygen atoms in total. The molecule has 0 unspecified atom stereocenters. The Morgan fingerprint density at radius 3 is 2.36 bits per heavy atom. The molecule has 4 rings (SSSR count). The summed E-state index contributed by atoms with van der Waals surface area (Å²) in [6.07, 6.45) is 7.28. The minimum absolute atomic E-state index is 0.0650. The van der Waals surface area contributed by atoms with Crippen LogP contribution in [0.25, 0.3) is 5.69 Å². The van der Waals surface area contributed by atoms with Gasteiger partial charge >= 0.3 is 0 Å². The van der Waals surface area contributed by atoms with Crippen molar-refractivity contribution in [1.82, 2.24) is 19.4 Å². The lowest BCUT2D eigenvalue weighted by Crippen LogP contribution is -2.61. The SMILES string of the molecule is CN1C(C)(C)CC(Nc2nc(Nc3ccc(-n4ccc(C#N)c4)cc3)ncc2Cl)CC1(C)C. The van der Waals surface area contributed by atoms with E-state index in [1.807, 2.05) is 35.0 Å². The van der Waals surface area contributed by atoms with Gasteiger partial charge in [-0.15, -0.1) is 0 Å². The standard InChI is InChI=1S/C25H30ClN7/c1-24(2)12-19(13-25(3,4)32(24)5)29-22-21(26)15-28-23(31-22)30-18-6-8-20(9-7-18)33-11-10-17(14-27)16-33/h6-11,15-16,19H,12-13H2,1-5H3,(H2,28,29,30,31). The van der Waals surface area contributed by atoms with Gasteiger partial charge in [-0.2, -0.15) is 10.2 Å². The first-order valence-electron chi connectivity index (χ1n) is 11.1. The van der Waals surface area contributed by atoms with E-state index in [0.717, 1.165) is 24.2 Å². The van der Waals surface area contributed by atoms with E-state index in [-0.39, 0.29) is 17.1 Å². The highest BCUT2D eigenvalue weighted by Gasteiger charge is 2.43. The Morgan fingerprint density at radius 2 is 1.76 bits per heavy atom. The quantitative estimate of drug-likeness (QED) is 0.512. The smallest absolute Gasteiger partial charge is 0.229 e. The van der Waals surface area contributed by atoms with Gasteiger partial charge in [-0.3, -0.25) is 4.90 Å². The molecule has 3 aromatic rings. The van der Waals surface area contributed by atoms with Crippen molar-refractivity contribution >= 4 is 29.1 Å². The molecule has 0 atom stereocenters. The minimum Gasteiger partial charge on any atom is -0.366 e. The highest BCUT2D eigenvalue weighted by molar-refractivity contribution is 6.32. The summed E-state index contributed by atoms with van der Waals surface area (Å²) in [6.45, 7) is 9.09. The van der Waals surface area contributed by atoms with Crippen LogP contribution in [-0.2, 0) is 0 Å². The number of benzene rings is 1. The monoisotopic (exact) mass is 463 g/mol. The molecule has 0 amide bonds. The maximum Gasteiger partial charge on any atom is 0.229 e. The van der Waals surface area contributed by atoms with Gasteiger partial charge in [0, 0.05) is 40.9 Å². The van der Waals surface area contributed by atoms with E-state index < -0.39 is 0 Å². The topological polar surface area (TPSA) is 81.8 Å². The van der Waals surface area contributed by atoms with Crippen LogP contribution in [0.15, 0.2) is 48.9 Å². The third-order valence-electron chi connectivity index (χ3n) is 6.64. The van der Waals surface area contributed by atoms with E-state index in [1.165, 1.54) is 0 Å². The molecular weight excluding hydrogens is 434 g/mol. The summed E-state index contributed by atoms with van der Waals surface area (Å²) in [6, 6.07) is 12.0.